The quantitative estimate of drug-likeness (QED) is 0.820. The Bertz CT molecular complexity index is 594. The van der Waals surface area contributed by atoms with Gasteiger partial charge in [-0.15, -0.1) is 0 Å². The van der Waals surface area contributed by atoms with Crippen molar-refractivity contribution in [2.75, 3.05) is 19.0 Å². The van der Waals surface area contributed by atoms with Crippen LogP contribution in [0.2, 0.25) is 0 Å². The van der Waals surface area contributed by atoms with E-state index in [9.17, 15) is 4.79 Å². The predicted molar refractivity (Wildman–Crippen MR) is 75.9 cm³/mol. The molecule has 1 aromatic carbocycles. The summed E-state index contributed by atoms with van der Waals surface area (Å²) in [5.74, 6) is 0. The van der Waals surface area contributed by atoms with Crippen molar-refractivity contribution in [3.8, 4) is 0 Å². The lowest BCUT2D eigenvalue weighted by molar-refractivity contribution is 0.194. The van der Waals surface area contributed by atoms with Crippen LogP contribution in [-0.2, 0) is 6.54 Å². The van der Waals surface area contributed by atoms with Gasteiger partial charge in [0.2, 0.25) is 0 Å². The van der Waals surface area contributed by atoms with Crippen molar-refractivity contribution in [1.82, 2.24) is 10.3 Å². The van der Waals surface area contributed by atoms with Gasteiger partial charge in [-0.25, -0.2) is 4.79 Å². The smallest absolute Gasteiger partial charge is 0.404 e. The van der Waals surface area contributed by atoms with Crippen LogP contribution < -0.4 is 10.2 Å². The highest BCUT2D eigenvalue weighted by atomic mass is 127. The number of hydrogen-bond acceptors (Lipinski definition) is 4. The first kappa shape index (κ1) is 12.9. The molecule has 0 saturated carbocycles. The standard InChI is InChI=1S/C11H12IN3O3/c1-15(2)10-14-8-4-6(5-13-11(16)17)3-7(12)9(8)18-10/h3-4,13H,5H2,1-2H3,(H,16,17). The van der Waals surface area contributed by atoms with Crippen LogP contribution in [0.3, 0.4) is 0 Å². The first-order valence-corrected chi connectivity index (χ1v) is 6.28. The second-order valence-electron chi connectivity index (χ2n) is 3.98. The van der Waals surface area contributed by atoms with Crippen LogP contribution in [0.25, 0.3) is 11.1 Å². The lowest BCUT2D eigenvalue weighted by atomic mass is 10.2. The highest BCUT2D eigenvalue weighted by Gasteiger charge is 2.12. The van der Waals surface area contributed by atoms with Gasteiger partial charge in [-0.3, -0.25) is 0 Å². The molecule has 0 fully saturated rings. The van der Waals surface area contributed by atoms with Crippen molar-refractivity contribution in [1.29, 1.82) is 0 Å². The molecule has 2 N–H and O–H groups in total. The maximum absolute atomic E-state index is 10.5. The number of carboxylic acid groups (broad SMARTS) is 1. The fourth-order valence-corrected chi connectivity index (χ4v) is 2.29. The van der Waals surface area contributed by atoms with Gasteiger partial charge in [-0.2, -0.15) is 4.98 Å². The molecular formula is C11H12IN3O3. The largest absolute Gasteiger partial charge is 0.465 e. The molecular weight excluding hydrogens is 349 g/mol. The summed E-state index contributed by atoms with van der Waals surface area (Å²) >= 11 is 2.15. The molecule has 2 rings (SSSR count). The summed E-state index contributed by atoms with van der Waals surface area (Å²) in [5.41, 5.74) is 2.30. The zero-order valence-electron chi connectivity index (χ0n) is 9.90. The molecule has 0 aliphatic rings. The average Bonchev–Trinajstić information content (AvgIpc) is 2.71. The first-order valence-electron chi connectivity index (χ1n) is 5.20. The summed E-state index contributed by atoms with van der Waals surface area (Å²) in [4.78, 5) is 16.6. The Balaban J connectivity index is 2.38. The van der Waals surface area contributed by atoms with Crippen molar-refractivity contribution in [2.45, 2.75) is 6.54 Å². The van der Waals surface area contributed by atoms with Crippen molar-refractivity contribution < 1.29 is 14.3 Å². The molecule has 1 amide bonds. The molecule has 96 valence electrons. The van der Waals surface area contributed by atoms with E-state index >= 15 is 0 Å². The average molecular weight is 361 g/mol. The second-order valence-corrected chi connectivity index (χ2v) is 5.14. The zero-order valence-corrected chi connectivity index (χ0v) is 12.1. The van der Waals surface area contributed by atoms with Crippen LogP contribution in [0.4, 0.5) is 10.8 Å². The molecule has 7 heteroatoms. The Morgan fingerprint density at radius 3 is 2.89 bits per heavy atom. The Labute approximate surface area is 117 Å². The molecule has 6 nitrogen and oxygen atoms in total. The van der Waals surface area contributed by atoms with Crippen molar-refractivity contribution in [3.05, 3.63) is 21.3 Å². The number of amides is 1. The molecule has 2 aromatic rings. The predicted octanol–water partition coefficient (Wildman–Crippen LogP) is 2.27. The van der Waals surface area contributed by atoms with Gasteiger partial charge >= 0.3 is 6.09 Å². The molecule has 0 atom stereocenters. The summed E-state index contributed by atoms with van der Waals surface area (Å²) in [5, 5.41) is 10.9. The van der Waals surface area contributed by atoms with Gasteiger partial charge in [-0.05, 0) is 40.3 Å². The lowest BCUT2D eigenvalue weighted by Gasteiger charge is -2.03. The minimum atomic E-state index is -1.04. The van der Waals surface area contributed by atoms with E-state index in [0.717, 1.165) is 20.2 Å². The van der Waals surface area contributed by atoms with Crippen LogP contribution >= 0.6 is 22.6 Å². The number of halogens is 1. The number of fused-ring (bicyclic) bond motifs is 1. The second kappa shape index (κ2) is 5.01. The SMILES string of the molecule is CN(C)c1nc2cc(CNC(=O)O)cc(I)c2o1. The fourth-order valence-electron chi connectivity index (χ4n) is 1.51. The molecule has 0 radical (unpaired) electrons. The van der Waals surface area contributed by atoms with Crippen molar-refractivity contribution >= 4 is 45.8 Å². The normalized spacial score (nSPS) is 10.6. The number of nitrogens with one attached hydrogen (secondary N) is 1. The number of hydrogen-bond donors (Lipinski definition) is 2. The minimum Gasteiger partial charge on any atom is -0.465 e. The summed E-state index contributed by atoms with van der Waals surface area (Å²) in [6, 6.07) is 4.24. The van der Waals surface area contributed by atoms with Gasteiger partial charge in [-0.1, -0.05) is 0 Å². The number of rotatable bonds is 3. The Hall–Kier alpha value is -1.51. The molecule has 0 unspecified atom stereocenters. The van der Waals surface area contributed by atoms with Crippen LogP contribution in [0.15, 0.2) is 16.5 Å². The van der Waals surface area contributed by atoms with Crippen LogP contribution in [-0.4, -0.2) is 30.3 Å². The van der Waals surface area contributed by atoms with E-state index in [1.54, 1.807) is 4.90 Å². The highest BCUT2D eigenvalue weighted by molar-refractivity contribution is 14.1. The first-order chi connectivity index (χ1) is 8.47. The van der Waals surface area contributed by atoms with Crippen LogP contribution in [0.1, 0.15) is 5.56 Å². The highest BCUT2D eigenvalue weighted by Crippen LogP contribution is 2.26. The number of oxazole rings is 1. The number of anilines is 1. The zero-order chi connectivity index (χ0) is 13.3. The van der Waals surface area contributed by atoms with Crippen LogP contribution in [0.5, 0.6) is 0 Å². The van der Waals surface area contributed by atoms with E-state index < -0.39 is 6.09 Å². The summed E-state index contributed by atoms with van der Waals surface area (Å²) in [6.07, 6.45) is -1.04. The fraction of sp³-hybridized carbons (Fsp3) is 0.273. The number of nitrogens with zero attached hydrogens (tertiary/aromatic N) is 2. The number of benzene rings is 1. The van der Waals surface area contributed by atoms with E-state index in [1.165, 1.54) is 0 Å². The maximum atomic E-state index is 10.5. The molecule has 0 aliphatic heterocycles. The molecule has 0 saturated heterocycles. The van der Waals surface area contributed by atoms with Crippen molar-refractivity contribution in [3.63, 3.8) is 0 Å². The third kappa shape index (κ3) is 2.66. The number of carbonyl (C=O) groups is 1. The molecule has 0 spiro atoms. The third-order valence-electron chi connectivity index (χ3n) is 2.32. The van der Waals surface area contributed by atoms with Gasteiger partial charge < -0.3 is 19.7 Å². The van der Waals surface area contributed by atoms with E-state index in [-0.39, 0.29) is 6.54 Å². The van der Waals surface area contributed by atoms with Crippen LogP contribution in [0, 0.1) is 3.57 Å². The monoisotopic (exact) mass is 361 g/mol. The maximum Gasteiger partial charge on any atom is 0.404 e. The van der Waals surface area contributed by atoms with E-state index in [4.69, 9.17) is 9.52 Å². The molecule has 1 aromatic heterocycles. The molecule has 0 bridgehead atoms. The van der Waals surface area contributed by atoms with E-state index in [0.29, 0.717) is 6.01 Å². The molecule has 18 heavy (non-hydrogen) atoms. The van der Waals surface area contributed by atoms with E-state index in [1.807, 2.05) is 26.2 Å². The minimum absolute atomic E-state index is 0.255. The molecule has 0 aliphatic carbocycles. The Kier molecular flexibility index (Phi) is 3.60. The summed E-state index contributed by atoms with van der Waals surface area (Å²) in [7, 11) is 3.70. The van der Waals surface area contributed by atoms with Gasteiger partial charge in [0.25, 0.3) is 6.01 Å². The summed E-state index contributed by atoms with van der Waals surface area (Å²) in [6.45, 7) is 0.255. The third-order valence-corrected chi connectivity index (χ3v) is 3.12. The van der Waals surface area contributed by atoms with Crippen molar-refractivity contribution in [2.24, 2.45) is 0 Å². The Morgan fingerprint density at radius 2 is 2.28 bits per heavy atom. The lowest BCUT2D eigenvalue weighted by Crippen LogP contribution is -2.19. The van der Waals surface area contributed by atoms with Gasteiger partial charge in [0, 0.05) is 20.6 Å². The summed E-state index contributed by atoms with van der Waals surface area (Å²) < 4.78 is 6.52. The topological polar surface area (TPSA) is 78.6 Å². The van der Waals surface area contributed by atoms with Gasteiger partial charge in [0.15, 0.2) is 5.58 Å². The van der Waals surface area contributed by atoms with Gasteiger partial charge in [0.1, 0.15) is 5.52 Å². The number of aromatic nitrogens is 1. The van der Waals surface area contributed by atoms with Gasteiger partial charge in [0.05, 0.1) is 3.57 Å². The molecule has 1 heterocycles. The van der Waals surface area contributed by atoms with E-state index in [2.05, 4.69) is 32.9 Å². The Morgan fingerprint density at radius 1 is 1.56 bits per heavy atom.